The molecule has 0 aliphatic heterocycles. The van der Waals surface area contributed by atoms with E-state index < -0.39 is 0 Å². The first-order chi connectivity index (χ1) is 10.5. The summed E-state index contributed by atoms with van der Waals surface area (Å²) in [7, 11) is 0. The van der Waals surface area contributed by atoms with E-state index in [1.807, 2.05) is 22.2 Å². The van der Waals surface area contributed by atoms with Gasteiger partial charge in [0.05, 0.1) is 24.6 Å². The van der Waals surface area contributed by atoms with Gasteiger partial charge in [-0.3, -0.25) is 9.59 Å². The van der Waals surface area contributed by atoms with Crippen molar-refractivity contribution >= 4 is 34.6 Å². The number of nitrogens with zero attached hydrogens (tertiary/aromatic N) is 1. The summed E-state index contributed by atoms with van der Waals surface area (Å²) in [5, 5.41) is 9.55. The van der Waals surface area contributed by atoms with E-state index in [1.54, 1.807) is 25.2 Å². The average Bonchev–Trinajstić information content (AvgIpc) is 3.07. The summed E-state index contributed by atoms with van der Waals surface area (Å²) in [6.07, 6.45) is 0.273. The molecule has 0 aliphatic carbocycles. The lowest BCUT2D eigenvalue weighted by atomic mass is 10.3. The Labute approximate surface area is 137 Å². The van der Waals surface area contributed by atoms with Gasteiger partial charge < -0.3 is 10.1 Å². The van der Waals surface area contributed by atoms with Gasteiger partial charge in [0.2, 0.25) is 5.91 Å². The van der Waals surface area contributed by atoms with Gasteiger partial charge in [-0.2, -0.15) is 11.3 Å². The number of hydrogen-bond acceptors (Lipinski definition) is 6. The van der Waals surface area contributed by atoms with Gasteiger partial charge in [-0.15, -0.1) is 11.3 Å². The fourth-order valence-corrected chi connectivity index (χ4v) is 3.29. The minimum atomic E-state index is -0.302. The Kier molecular flexibility index (Phi) is 6.09. The highest BCUT2D eigenvalue weighted by atomic mass is 32.1. The van der Waals surface area contributed by atoms with Crippen LogP contribution in [0.15, 0.2) is 22.2 Å². The molecule has 0 saturated heterocycles. The highest BCUT2D eigenvalue weighted by Crippen LogP contribution is 2.25. The molecule has 2 aromatic rings. The molecule has 0 atom stereocenters. The summed E-state index contributed by atoms with van der Waals surface area (Å²) in [5.74, 6) is -0.441. The number of carbonyl (C=O) groups excluding carboxylic acids is 2. The van der Waals surface area contributed by atoms with Gasteiger partial charge >= 0.3 is 5.97 Å². The fraction of sp³-hybridized carbons (Fsp3) is 0.400. The number of rotatable bonds is 7. The van der Waals surface area contributed by atoms with Crippen molar-refractivity contribution in [1.82, 2.24) is 10.3 Å². The van der Waals surface area contributed by atoms with Crippen molar-refractivity contribution < 1.29 is 14.3 Å². The zero-order valence-electron chi connectivity index (χ0n) is 12.5. The van der Waals surface area contributed by atoms with Crippen molar-refractivity contribution in [3.05, 3.63) is 27.9 Å². The van der Waals surface area contributed by atoms with Crippen molar-refractivity contribution in [2.45, 2.75) is 32.8 Å². The first-order valence-corrected chi connectivity index (χ1v) is 8.80. The molecule has 0 spiro atoms. The highest BCUT2D eigenvalue weighted by Gasteiger charge is 2.10. The minimum Gasteiger partial charge on any atom is -0.463 e. The lowest BCUT2D eigenvalue weighted by Gasteiger charge is -2.08. The first-order valence-electron chi connectivity index (χ1n) is 6.97. The molecule has 2 rings (SSSR count). The van der Waals surface area contributed by atoms with Gasteiger partial charge in [-0.05, 0) is 25.3 Å². The maximum Gasteiger partial charge on any atom is 0.307 e. The van der Waals surface area contributed by atoms with Crippen LogP contribution >= 0.6 is 22.7 Å². The van der Waals surface area contributed by atoms with Gasteiger partial charge in [-0.25, -0.2) is 4.98 Å². The van der Waals surface area contributed by atoms with E-state index in [-0.39, 0.29) is 37.4 Å². The zero-order chi connectivity index (χ0) is 15.9. The zero-order valence-corrected chi connectivity index (χ0v) is 14.1. The Bertz CT molecular complexity index is 621. The smallest absolute Gasteiger partial charge is 0.307 e. The van der Waals surface area contributed by atoms with Crippen LogP contribution in [0.5, 0.6) is 0 Å². The molecule has 7 heteroatoms. The predicted molar refractivity (Wildman–Crippen MR) is 88.0 cm³/mol. The molecule has 1 N–H and O–H groups in total. The van der Waals surface area contributed by atoms with Crippen LogP contribution in [0.25, 0.3) is 10.6 Å². The van der Waals surface area contributed by atoms with Crippen LogP contribution in [0.1, 0.15) is 26.0 Å². The van der Waals surface area contributed by atoms with E-state index in [4.69, 9.17) is 4.74 Å². The van der Waals surface area contributed by atoms with Gasteiger partial charge in [0.25, 0.3) is 0 Å². The van der Waals surface area contributed by atoms with Crippen molar-refractivity contribution in [3.8, 4) is 10.6 Å². The summed E-state index contributed by atoms with van der Waals surface area (Å²) in [6, 6.07) is 2.01. The second-order valence-corrected chi connectivity index (χ2v) is 6.61. The molecule has 0 unspecified atom stereocenters. The molecule has 0 saturated carbocycles. The summed E-state index contributed by atoms with van der Waals surface area (Å²) < 4.78 is 5.00. The van der Waals surface area contributed by atoms with Crippen LogP contribution in [-0.4, -0.2) is 29.5 Å². The number of ether oxygens (including phenoxy) is 1. The first kappa shape index (κ1) is 16.6. The molecule has 0 bridgehead atoms. The van der Waals surface area contributed by atoms with Crippen LogP contribution in [0, 0.1) is 0 Å². The molecule has 0 radical (unpaired) electrons. The molecular weight excluding hydrogens is 320 g/mol. The Morgan fingerprint density at radius 3 is 2.86 bits per heavy atom. The standard InChI is InChI=1S/C15H18N2O3S2/c1-10(2)20-14(19)3-5-16-13(18)7-12-9-22-15(17-12)11-4-6-21-8-11/h4,6,8-10H,3,5,7H2,1-2H3,(H,16,18). The normalized spacial score (nSPS) is 10.7. The van der Waals surface area contributed by atoms with E-state index in [0.29, 0.717) is 0 Å². The number of thiazole rings is 1. The predicted octanol–water partition coefficient (Wildman–Crippen LogP) is 2.87. The molecule has 2 heterocycles. The number of carbonyl (C=O) groups is 2. The maximum atomic E-state index is 11.8. The van der Waals surface area contributed by atoms with Crippen LogP contribution in [0.4, 0.5) is 0 Å². The fourth-order valence-electron chi connectivity index (χ4n) is 1.76. The molecule has 0 aliphatic rings. The van der Waals surface area contributed by atoms with Crippen molar-refractivity contribution in [1.29, 1.82) is 0 Å². The van der Waals surface area contributed by atoms with E-state index in [0.717, 1.165) is 16.3 Å². The quantitative estimate of drug-likeness (QED) is 0.788. The summed E-state index contributed by atoms with van der Waals surface area (Å²) >= 11 is 3.15. The number of nitrogens with one attached hydrogen (secondary N) is 1. The molecule has 118 valence electrons. The number of hydrogen-bond donors (Lipinski definition) is 1. The largest absolute Gasteiger partial charge is 0.463 e. The molecule has 22 heavy (non-hydrogen) atoms. The Morgan fingerprint density at radius 1 is 1.36 bits per heavy atom. The van der Waals surface area contributed by atoms with Crippen LogP contribution in [0.3, 0.4) is 0 Å². The highest BCUT2D eigenvalue weighted by molar-refractivity contribution is 7.14. The van der Waals surface area contributed by atoms with Crippen LogP contribution in [0.2, 0.25) is 0 Å². The van der Waals surface area contributed by atoms with Gasteiger partial charge in [0.15, 0.2) is 0 Å². The molecular formula is C15H18N2O3S2. The molecule has 1 amide bonds. The third kappa shape index (κ3) is 5.23. The van der Waals surface area contributed by atoms with E-state index in [2.05, 4.69) is 10.3 Å². The van der Waals surface area contributed by atoms with Crippen LogP contribution < -0.4 is 5.32 Å². The minimum absolute atomic E-state index is 0.131. The van der Waals surface area contributed by atoms with Gasteiger partial charge in [0, 0.05) is 22.9 Å². The van der Waals surface area contributed by atoms with Crippen LogP contribution in [-0.2, 0) is 20.7 Å². The second kappa shape index (κ2) is 8.05. The van der Waals surface area contributed by atoms with E-state index in [9.17, 15) is 9.59 Å². The summed E-state index contributed by atoms with van der Waals surface area (Å²) in [4.78, 5) is 27.6. The van der Waals surface area contributed by atoms with Crippen molar-refractivity contribution in [3.63, 3.8) is 0 Å². The van der Waals surface area contributed by atoms with Crippen molar-refractivity contribution in [2.75, 3.05) is 6.54 Å². The summed E-state index contributed by atoms with van der Waals surface area (Å²) in [6.45, 7) is 3.87. The maximum absolute atomic E-state index is 11.8. The topological polar surface area (TPSA) is 68.3 Å². The van der Waals surface area contributed by atoms with Gasteiger partial charge in [-0.1, -0.05) is 0 Å². The second-order valence-electron chi connectivity index (χ2n) is 4.97. The lowest BCUT2D eigenvalue weighted by molar-refractivity contribution is -0.147. The average molecular weight is 338 g/mol. The molecule has 5 nitrogen and oxygen atoms in total. The molecule has 2 aromatic heterocycles. The van der Waals surface area contributed by atoms with Crippen molar-refractivity contribution in [2.24, 2.45) is 0 Å². The lowest BCUT2D eigenvalue weighted by Crippen LogP contribution is -2.28. The van der Waals surface area contributed by atoms with Gasteiger partial charge in [0.1, 0.15) is 5.01 Å². The Hall–Kier alpha value is -1.73. The third-order valence-corrected chi connectivity index (χ3v) is 4.30. The third-order valence-electron chi connectivity index (χ3n) is 2.68. The molecule has 0 aromatic carbocycles. The monoisotopic (exact) mass is 338 g/mol. The number of amides is 1. The molecule has 0 fully saturated rings. The number of esters is 1. The van der Waals surface area contributed by atoms with E-state index in [1.165, 1.54) is 11.3 Å². The Balaban J connectivity index is 1.74. The van der Waals surface area contributed by atoms with E-state index >= 15 is 0 Å². The number of thiophene rings is 1. The number of aromatic nitrogens is 1. The summed E-state index contributed by atoms with van der Waals surface area (Å²) in [5.41, 5.74) is 1.83. The Morgan fingerprint density at radius 2 is 2.18 bits per heavy atom. The SMILES string of the molecule is CC(C)OC(=O)CCNC(=O)Cc1csc(-c2ccsc2)n1.